The summed E-state index contributed by atoms with van der Waals surface area (Å²) in [7, 11) is -1.77. The normalized spacial score (nSPS) is 16.4. The molecule has 0 atom stereocenters. The van der Waals surface area contributed by atoms with Gasteiger partial charge in [-0.2, -0.15) is 4.31 Å². The van der Waals surface area contributed by atoms with E-state index in [9.17, 15) is 8.42 Å². The van der Waals surface area contributed by atoms with Gasteiger partial charge >= 0.3 is 0 Å². The van der Waals surface area contributed by atoms with Crippen LogP contribution >= 0.6 is 12.2 Å². The number of hydrogen-bond acceptors (Lipinski definition) is 3. The summed E-state index contributed by atoms with van der Waals surface area (Å²) in [6.45, 7) is 1.77. The summed E-state index contributed by atoms with van der Waals surface area (Å²) in [6, 6.07) is 5.12. The number of nitrogens with two attached hydrogens (primary N) is 1. The lowest BCUT2D eigenvalue weighted by molar-refractivity contribution is 0.249. The first-order chi connectivity index (χ1) is 8.84. The van der Waals surface area contributed by atoms with Crippen molar-refractivity contribution in [3.8, 4) is 0 Å². The largest absolute Gasteiger partial charge is 0.389 e. The number of rotatable bonds is 4. The zero-order chi connectivity index (χ0) is 14.2. The van der Waals surface area contributed by atoms with Crippen molar-refractivity contribution in [2.45, 2.75) is 37.1 Å². The molecule has 4 nitrogen and oxygen atoms in total. The first kappa shape index (κ1) is 14.4. The van der Waals surface area contributed by atoms with Crippen molar-refractivity contribution >= 4 is 27.2 Å². The summed E-state index contributed by atoms with van der Waals surface area (Å²) in [5.74, 6) is 0. The molecule has 1 fully saturated rings. The molecule has 104 valence electrons. The molecule has 0 amide bonds. The highest BCUT2D eigenvalue weighted by Gasteiger charge is 2.32. The molecular formula is C13H18N2O2S2. The van der Waals surface area contributed by atoms with E-state index in [4.69, 9.17) is 18.0 Å². The van der Waals surface area contributed by atoms with Gasteiger partial charge in [-0.15, -0.1) is 0 Å². The fraction of sp³-hybridized carbons (Fsp3) is 0.462. The van der Waals surface area contributed by atoms with E-state index in [1.807, 2.05) is 0 Å². The highest BCUT2D eigenvalue weighted by Crippen LogP contribution is 2.29. The summed E-state index contributed by atoms with van der Waals surface area (Å²) < 4.78 is 26.5. The minimum absolute atomic E-state index is 0.139. The van der Waals surface area contributed by atoms with Crippen molar-refractivity contribution in [3.05, 3.63) is 29.3 Å². The maximum absolute atomic E-state index is 12.5. The number of benzene rings is 1. The molecule has 0 aliphatic heterocycles. The lowest BCUT2D eigenvalue weighted by Gasteiger charge is -2.34. The van der Waals surface area contributed by atoms with Gasteiger partial charge < -0.3 is 5.73 Å². The van der Waals surface area contributed by atoms with Gasteiger partial charge in [-0.25, -0.2) is 8.42 Å². The quantitative estimate of drug-likeness (QED) is 0.861. The van der Waals surface area contributed by atoms with Gasteiger partial charge in [-0.05, 0) is 37.5 Å². The fourth-order valence-electron chi connectivity index (χ4n) is 2.19. The number of thiocarbonyl (C=S) groups is 1. The Morgan fingerprint density at radius 2 is 2.05 bits per heavy atom. The predicted molar refractivity (Wildman–Crippen MR) is 79.7 cm³/mol. The highest BCUT2D eigenvalue weighted by molar-refractivity contribution is 7.89. The molecule has 6 heteroatoms. The third-order valence-electron chi connectivity index (χ3n) is 3.71. The molecule has 19 heavy (non-hydrogen) atoms. The van der Waals surface area contributed by atoms with Gasteiger partial charge in [0.2, 0.25) is 10.0 Å². The van der Waals surface area contributed by atoms with E-state index in [1.165, 1.54) is 4.31 Å². The maximum Gasteiger partial charge on any atom is 0.243 e. The van der Waals surface area contributed by atoms with Gasteiger partial charge in [0.05, 0.1) is 4.90 Å². The molecule has 1 saturated carbocycles. The van der Waals surface area contributed by atoms with Crippen LogP contribution in [0, 0.1) is 6.92 Å². The molecule has 0 radical (unpaired) electrons. The number of nitrogens with zero attached hydrogens (tertiary/aromatic N) is 1. The molecule has 0 aromatic heterocycles. The van der Waals surface area contributed by atoms with Crippen LogP contribution in [0.4, 0.5) is 0 Å². The molecule has 0 spiro atoms. The second-order valence-electron chi connectivity index (χ2n) is 4.95. The van der Waals surface area contributed by atoms with E-state index in [0.717, 1.165) is 19.3 Å². The van der Waals surface area contributed by atoms with Crippen LogP contribution in [0.25, 0.3) is 0 Å². The molecule has 1 aromatic carbocycles. The van der Waals surface area contributed by atoms with Crippen LogP contribution in [0.15, 0.2) is 23.1 Å². The molecule has 2 N–H and O–H groups in total. The van der Waals surface area contributed by atoms with Crippen LogP contribution in [-0.4, -0.2) is 30.8 Å². The first-order valence-corrected chi connectivity index (χ1v) is 8.07. The van der Waals surface area contributed by atoms with Crippen LogP contribution in [0.5, 0.6) is 0 Å². The average molecular weight is 298 g/mol. The number of aryl methyl sites for hydroxylation is 1. The van der Waals surface area contributed by atoms with Crippen LogP contribution in [0.1, 0.15) is 30.4 Å². The van der Waals surface area contributed by atoms with E-state index < -0.39 is 10.0 Å². The molecule has 0 bridgehead atoms. The first-order valence-electron chi connectivity index (χ1n) is 6.22. The Hall–Kier alpha value is -0.980. The summed E-state index contributed by atoms with van der Waals surface area (Å²) in [6.07, 6.45) is 2.99. The molecule has 0 unspecified atom stereocenters. The second kappa shape index (κ2) is 5.19. The minimum Gasteiger partial charge on any atom is -0.389 e. The molecule has 0 saturated heterocycles. The predicted octanol–water partition coefficient (Wildman–Crippen LogP) is 1.80. The Morgan fingerprint density at radius 1 is 1.42 bits per heavy atom. The summed E-state index contributed by atoms with van der Waals surface area (Å²) >= 11 is 4.90. The molecule has 2 rings (SSSR count). The van der Waals surface area contributed by atoms with Crippen molar-refractivity contribution in [1.82, 2.24) is 4.31 Å². The maximum atomic E-state index is 12.5. The zero-order valence-corrected chi connectivity index (χ0v) is 12.7. The zero-order valence-electron chi connectivity index (χ0n) is 11.1. The second-order valence-corrected chi connectivity index (χ2v) is 7.36. The SMILES string of the molecule is Cc1cc(C(N)=S)ccc1S(=O)(=O)N(C)C1CCC1. The smallest absolute Gasteiger partial charge is 0.243 e. The van der Waals surface area contributed by atoms with Gasteiger partial charge in [0.25, 0.3) is 0 Å². The Labute approximate surface area is 119 Å². The van der Waals surface area contributed by atoms with Gasteiger partial charge in [0.1, 0.15) is 4.99 Å². The molecule has 0 heterocycles. The fourth-order valence-corrected chi connectivity index (χ4v) is 3.94. The Balaban J connectivity index is 2.37. The van der Waals surface area contributed by atoms with Crippen LogP contribution in [-0.2, 0) is 10.0 Å². The topological polar surface area (TPSA) is 63.4 Å². The monoisotopic (exact) mass is 298 g/mol. The highest BCUT2D eigenvalue weighted by atomic mass is 32.2. The molecule has 1 aliphatic rings. The van der Waals surface area contributed by atoms with Crippen molar-refractivity contribution in [3.63, 3.8) is 0 Å². The number of sulfonamides is 1. The van der Waals surface area contributed by atoms with Gasteiger partial charge in [-0.1, -0.05) is 24.7 Å². The Kier molecular flexibility index (Phi) is 3.94. The summed E-state index contributed by atoms with van der Waals surface area (Å²) in [5, 5.41) is 0. The van der Waals surface area contributed by atoms with E-state index in [0.29, 0.717) is 16.0 Å². The van der Waals surface area contributed by atoms with Crippen molar-refractivity contribution in [1.29, 1.82) is 0 Å². The lowest BCUT2D eigenvalue weighted by atomic mass is 9.94. The van der Waals surface area contributed by atoms with Crippen molar-refractivity contribution in [2.24, 2.45) is 5.73 Å². The summed E-state index contributed by atoms with van der Waals surface area (Å²) in [5.41, 5.74) is 6.92. The third-order valence-corrected chi connectivity index (χ3v) is 6.01. The summed E-state index contributed by atoms with van der Waals surface area (Å²) in [4.78, 5) is 0.612. The van der Waals surface area contributed by atoms with E-state index in [2.05, 4.69) is 0 Å². The number of hydrogen-bond donors (Lipinski definition) is 1. The van der Waals surface area contributed by atoms with E-state index in [1.54, 1.807) is 32.2 Å². The molecular weight excluding hydrogens is 280 g/mol. The third kappa shape index (κ3) is 2.66. The Bertz CT molecular complexity index is 607. The minimum atomic E-state index is -3.42. The van der Waals surface area contributed by atoms with E-state index >= 15 is 0 Å². The van der Waals surface area contributed by atoms with Crippen LogP contribution < -0.4 is 5.73 Å². The Morgan fingerprint density at radius 3 is 2.47 bits per heavy atom. The van der Waals surface area contributed by atoms with Crippen molar-refractivity contribution in [2.75, 3.05) is 7.05 Å². The molecule has 1 aliphatic carbocycles. The lowest BCUT2D eigenvalue weighted by Crippen LogP contribution is -2.41. The van der Waals surface area contributed by atoms with E-state index in [-0.39, 0.29) is 11.0 Å². The van der Waals surface area contributed by atoms with Gasteiger partial charge in [0.15, 0.2) is 0 Å². The van der Waals surface area contributed by atoms with Crippen LogP contribution in [0.2, 0.25) is 0 Å². The van der Waals surface area contributed by atoms with Gasteiger partial charge in [0, 0.05) is 18.7 Å². The van der Waals surface area contributed by atoms with Crippen LogP contribution in [0.3, 0.4) is 0 Å². The van der Waals surface area contributed by atoms with Crippen molar-refractivity contribution < 1.29 is 8.42 Å². The standard InChI is InChI=1S/C13H18N2O2S2/c1-9-8-10(13(14)18)6-7-12(9)19(16,17)15(2)11-4-3-5-11/h6-8,11H,3-5H2,1-2H3,(H2,14,18). The van der Waals surface area contributed by atoms with Gasteiger partial charge in [-0.3, -0.25) is 0 Å². The average Bonchev–Trinajstić information content (AvgIpc) is 2.25. The molecule has 1 aromatic rings.